The number of benzene rings is 2. The maximum Gasteiger partial charge on any atom is 0.180 e. The third-order valence-corrected chi connectivity index (χ3v) is 4.98. The first-order valence-corrected chi connectivity index (χ1v) is 11.9. The molecule has 116 valence electrons. The predicted octanol–water partition coefficient (Wildman–Crippen LogP) is 5.33. The molecule has 0 saturated heterocycles. The number of ether oxygens (including phenoxy) is 1. The largest absolute Gasteiger partial charge is 0.497 e. The molecule has 0 aliphatic carbocycles. The van der Waals surface area contributed by atoms with Crippen molar-refractivity contribution in [2.45, 2.75) is 4.83 Å². The van der Waals surface area contributed by atoms with Crippen LogP contribution in [0.15, 0.2) is 48.5 Å². The van der Waals surface area contributed by atoms with Gasteiger partial charge in [0.2, 0.25) is 0 Å². The van der Waals surface area contributed by atoms with E-state index in [0.717, 1.165) is 11.3 Å². The third kappa shape index (κ3) is 4.78. The van der Waals surface area contributed by atoms with E-state index in [4.69, 9.17) is 10.2 Å². The summed E-state index contributed by atoms with van der Waals surface area (Å²) in [4.78, 5) is 12.1. The average Bonchev–Trinajstić information content (AvgIpc) is 2.61. The second kappa shape index (κ2) is 8.43. The van der Waals surface area contributed by atoms with Crippen molar-refractivity contribution in [1.29, 1.82) is 1.28 Å². The summed E-state index contributed by atoms with van der Waals surface area (Å²) >= 11 is 5.53. The molecule has 7 heteroatoms. The highest BCUT2D eigenvalue weighted by Crippen LogP contribution is 2.29. The molecule has 22 heavy (non-hydrogen) atoms. The highest BCUT2D eigenvalue weighted by Gasteiger charge is 2.19. The molecule has 0 aliphatic heterocycles. The van der Waals surface area contributed by atoms with Crippen LogP contribution in [0.4, 0.5) is 0 Å². The average molecular weight is 513 g/mol. The lowest BCUT2D eigenvalue weighted by Gasteiger charge is -2.11. The van der Waals surface area contributed by atoms with Crippen LogP contribution >= 0.6 is 45.1 Å². The molecular weight excluding hydrogens is 498 g/mol. The van der Waals surface area contributed by atoms with Crippen molar-refractivity contribution in [3.63, 3.8) is 0 Å². The fourth-order valence-corrected chi connectivity index (χ4v) is 3.55. The van der Waals surface area contributed by atoms with Gasteiger partial charge in [-0.2, -0.15) is 0 Å². The summed E-state index contributed by atoms with van der Waals surface area (Å²) in [6.45, 7) is 0. The van der Waals surface area contributed by atoms with Gasteiger partial charge in [-0.1, -0.05) is 28.1 Å². The lowest BCUT2D eigenvalue weighted by Crippen LogP contribution is -2.07. The van der Waals surface area contributed by atoms with Crippen molar-refractivity contribution in [3.8, 4) is 11.5 Å². The zero-order chi connectivity index (χ0) is 16.8. The lowest BCUT2D eigenvalue weighted by atomic mass is 10.0. The number of methoxy groups -OCH3 is 1. The van der Waals surface area contributed by atoms with Crippen molar-refractivity contribution >= 4 is 58.4 Å². The Kier molecular flexibility index (Phi) is 6.30. The molecule has 0 bridgehead atoms. The molecular formula is C15H13BrIO3PS. The molecule has 0 amide bonds. The van der Waals surface area contributed by atoms with E-state index in [1.807, 2.05) is 24.3 Å². The first kappa shape index (κ1) is 16.4. The topological polar surface area (TPSA) is 35.5 Å². The van der Waals surface area contributed by atoms with Gasteiger partial charge in [0.05, 0.1) is 14.6 Å². The Morgan fingerprint density at radius 3 is 2.36 bits per heavy atom. The molecule has 0 N–H and O–H groups in total. The minimum Gasteiger partial charge on any atom is -0.497 e. The molecule has 2 aromatic carbocycles. The Labute approximate surface area is 155 Å². The van der Waals surface area contributed by atoms with Crippen LogP contribution in [0.3, 0.4) is 0 Å². The van der Waals surface area contributed by atoms with E-state index in [-0.39, 0.29) is 5.78 Å². The number of hydrogen-bond acceptors (Lipinski definition) is 3. The van der Waals surface area contributed by atoms with Crippen LogP contribution < -0.4 is 8.92 Å². The van der Waals surface area contributed by atoms with Crippen molar-refractivity contribution < 1.29 is 13.7 Å². The Balaban J connectivity index is 2.12. The second-order valence-electron chi connectivity index (χ2n) is 4.31. The van der Waals surface area contributed by atoms with Crippen LogP contribution in [0.5, 0.6) is 11.5 Å². The molecule has 0 spiro atoms. The summed E-state index contributed by atoms with van der Waals surface area (Å²) in [6, 6.07) is 14.4. The van der Waals surface area contributed by atoms with Gasteiger partial charge >= 0.3 is 0 Å². The number of rotatable bonds is 6. The fourth-order valence-electron chi connectivity index (χ4n) is 1.82. The van der Waals surface area contributed by atoms with E-state index in [1.165, 1.54) is 0 Å². The molecule has 0 heterocycles. The number of carbonyl (C=O) groups is 1. The molecule has 3 nitrogen and oxygen atoms in total. The highest BCUT2D eigenvalue weighted by molar-refractivity contribution is 14.2. The monoisotopic (exact) mass is 512 g/mol. The molecule has 0 aromatic heterocycles. The van der Waals surface area contributed by atoms with Crippen LogP contribution in [0.25, 0.3) is 0 Å². The number of halogens is 2. The van der Waals surface area contributed by atoms with Crippen LogP contribution in [0, 0.1) is 0 Å². The van der Waals surface area contributed by atoms with Crippen LogP contribution in [0.2, 0.25) is 0 Å². The van der Waals surface area contributed by atoms with E-state index in [0.29, 0.717) is 19.3 Å². The van der Waals surface area contributed by atoms with Crippen LogP contribution in [-0.4, -0.2) is 14.2 Å². The van der Waals surface area contributed by atoms with E-state index < -0.39 is 12.4 Å². The van der Waals surface area contributed by atoms with Crippen LogP contribution in [-0.2, 0) is 7.53 Å². The van der Waals surface area contributed by atoms with Gasteiger partial charge < -0.3 is 8.92 Å². The van der Waals surface area contributed by atoms with Gasteiger partial charge in [-0.15, -0.1) is 0 Å². The Hall–Kier alpha value is -0.430. The molecule has 2 rings (SSSR count). The number of carbonyl (C=O) groups excluding carboxylic acids is 1. The zero-order valence-corrected chi connectivity index (χ0v) is 17.0. The zero-order valence-electron chi connectivity index (χ0n) is 12.5. The molecule has 2 aromatic rings. The molecule has 2 atom stereocenters. The Morgan fingerprint density at radius 1 is 1.23 bits per heavy atom. The quantitative estimate of drug-likeness (QED) is 0.227. The normalized spacial score (nSPS) is 14.0. The van der Waals surface area contributed by atoms with Gasteiger partial charge in [0.25, 0.3) is 0 Å². The SMILES string of the molecule is [3H]P=S(I)Oc1ccc(C(=O)C(Br)c2ccc(OC)cc2)cc1. The first-order chi connectivity index (χ1) is 11.0. The van der Waals surface area contributed by atoms with Gasteiger partial charge in [-0.05, 0) is 49.9 Å². The summed E-state index contributed by atoms with van der Waals surface area (Å²) in [7, 11) is 1.56. The van der Waals surface area contributed by atoms with Gasteiger partial charge in [0, 0.05) is 26.8 Å². The highest BCUT2D eigenvalue weighted by atomic mass is 127. The second-order valence-corrected chi connectivity index (χ2v) is 11.3. The van der Waals surface area contributed by atoms with E-state index >= 15 is 0 Å². The van der Waals surface area contributed by atoms with Crippen molar-refractivity contribution in [1.82, 2.24) is 0 Å². The predicted molar refractivity (Wildman–Crippen MR) is 106 cm³/mol. The van der Waals surface area contributed by atoms with Crippen LogP contribution in [0.1, 0.15) is 20.7 Å². The van der Waals surface area contributed by atoms with E-state index in [1.54, 1.807) is 31.4 Å². The molecule has 2 unspecified atom stereocenters. The standard InChI is InChI=1S/C15H13BrIO3PS/c1-19-12-6-2-10(3-7-12)14(16)15(18)11-4-8-13(9-5-11)20-22(17)21/h2-9,14,21H,1H3/i21T. The van der Waals surface area contributed by atoms with Gasteiger partial charge in [0.1, 0.15) is 17.6 Å². The van der Waals surface area contributed by atoms with Gasteiger partial charge in [0.15, 0.2) is 5.78 Å². The summed E-state index contributed by atoms with van der Waals surface area (Å²) in [5.41, 5.74) is 1.48. The minimum atomic E-state index is -0.484. The summed E-state index contributed by atoms with van der Waals surface area (Å²) in [5.74, 6) is 1.40. The maximum absolute atomic E-state index is 12.5. The number of Topliss-reactive ketones (excluding diaryl/α,β-unsaturated/α-hetero) is 1. The number of hydrogen-bond donors (Lipinski definition) is 0. The Morgan fingerprint density at radius 2 is 1.82 bits per heavy atom. The Bertz CT molecular complexity index is 710. The third-order valence-electron chi connectivity index (χ3n) is 2.94. The maximum atomic E-state index is 12.5. The smallest absolute Gasteiger partial charge is 0.180 e. The van der Waals surface area contributed by atoms with E-state index in [2.05, 4.69) is 37.1 Å². The molecule has 0 radical (unpaired) electrons. The minimum absolute atomic E-state index is 0.0196. The number of ketones is 1. The van der Waals surface area contributed by atoms with Gasteiger partial charge in [-0.3, -0.25) is 4.79 Å². The lowest BCUT2D eigenvalue weighted by molar-refractivity contribution is 0.0991. The van der Waals surface area contributed by atoms with Crippen molar-refractivity contribution in [3.05, 3.63) is 59.7 Å². The number of alkyl halides is 1. The first-order valence-electron chi connectivity index (χ1n) is 6.66. The molecule has 0 saturated carbocycles. The molecule has 0 fully saturated rings. The summed E-state index contributed by atoms with van der Waals surface area (Å²) in [5, 5.41) is 0. The fraction of sp³-hybridized carbons (Fsp3) is 0.133. The van der Waals surface area contributed by atoms with E-state index in [9.17, 15) is 4.79 Å². The summed E-state index contributed by atoms with van der Waals surface area (Å²) in [6.07, 6.45) is 0. The van der Waals surface area contributed by atoms with Crippen molar-refractivity contribution in [2.75, 3.05) is 7.11 Å². The summed E-state index contributed by atoms with van der Waals surface area (Å²) < 4.78 is 17.9. The molecule has 0 aliphatic rings. The van der Waals surface area contributed by atoms with Gasteiger partial charge in [-0.25, -0.2) is 0 Å². The van der Waals surface area contributed by atoms with Crippen molar-refractivity contribution in [2.24, 2.45) is 0 Å².